The average molecular weight is 564 g/mol. The number of unbranched alkanes of at least 4 members (excludes halogenated alkanes) is 3. The normalized spacial score (nSPS) is 11.9. The van der Waals surface area contributed by atoms with Gasteiger partial charge in [0.15, 0.2) is 0 Å². The van der Waals surface area contributed by atoms with Crippen LogP contribution < -0.4 is 14.8 Å². The number of amides is 1. The zero-order valence-electron chi connectivity index (χ0n) is 24.1. The molecule has 3 aromatic rings. The molecule has 0 aliphatic carbocycles. The minimum Gasteiger partial charge on any atom is -0.497 e. The van der Waals surface area contributed by atoms with Gasteiger partial charge in [-0.3, -0.25) is 9.59 Å². The van der Waals surface area contributed by atoms with E-state index in [-0.39, 0.29) is 25.0 Å². The van der Waals surface area contributed by atoms with Crippen molar-refractivity contribution in [3.05, 3.63) is 95.6 Å². The molecule has 0 radical (unpaired) electrons. The first kappa shape index (κ1) is 31.6. The Labute approximate surface area is 242 Å². The zero-order valence-corrected chi connectivity index (χ0v) is 24.1. The van der Waals surface area contributed by atoms with Gasteiger partial charge in [0.25, 0.3) is 0 Å². The number of esters is 1. The van der Waals surface area contributed by atoms with E-state index in [0.717, 1.165) is 47.5 Å². The van der Waals surface area contributed by atoms with E-state index >= 15 is 0 Å². The molecule has 220 valence electrons. The van der Waals surface area contributed by atoms with Gasteiger partial charge in [-0.25, -0.2) is 0 Å². The van der Waals surface area contributed by atoms with Gasteiger partial charge in [0.05, 0.1) is 34.0 Å². The lowest BCUT2D eigenvalue weighted by Crippen LogP contribution is -2.39. The molecule has 0 fully saturated rings. The number of ether oxygens (including phenoxy) is 4. The molecule has 1 amide bonds. The third kappa shape index (κ3) is 9.06. The number of benzene rings is 3. The summed E-state index contributed by atoms with van der Waals surface area (Å²) in [5.74, 6) is 1.10. The second-order valence-electron chi connectivity index (χ2n) is 9.76. The molecular weight excluding hydrogens is 522 g/mol. The molecule has 0 bridgehead atoms. The monoisotopic (exact) mass is 563 g/mol. The summed E-state index contributed by atoms with van der Waals surface area (Å²) in [7, 11) is 4.62. The standard InChI is InChI=1S/C33H41NO7/c1-38-29-19-15-26(16-20-29)33(25-11-7-6-8-12-25,27-17-21-30(39-2)22-18-27)41-24-28(35)23-34-31(36)13-9-4-5-10-14-32(37)40-3/h6-8,11-12,15-22,28,35H,4-5,9-10,13-14,23-24H2,1-3H3,(H,34,36). The molecule has 0 aliphatic rings. The molecule has 0 heterocycles. The van der Waals surface area contributed by atoms with Crippen molar-refractivity contribution in [1.82, 2.24) is 5.32 Å². The van der Waals surface area contributed by atoms with Crippen LogP contribution in [-0.4, -0.2) is 57.6 Å². The highest BCUT2D eigenvalue weighted by molar-refractivity contribution is 5.75. The number of hydrogen-bond acceptors (Lipinski definition) is 7. The molecule has 1 unspecified atom stereocenters. The van der Waals surface area contributed by atoms with Crippen molar-refractivity contribution in [2.45, 2.75) is 50.2 Å². The van der Waals surface area contributed by atoms with E-state index in [9.17, 15) is 14.7 Å². The van der Waals surface area contributed by atoms with Gasteiger partial charge in [0, 0.05) is 19.4 Å². The molecule has 3 rings (SSSR count). The van der Waals surface area contributed by atoms with E-state index in [1.54, 1.807) is 14.2 Å². The number of nitrogens with one attached hydrogen (secondary N) is 1. The lowest BCUT2D eigenvalue weighted by atomic mass is 9.80. The third-order valence-corrected chi connectivity index (χ3v) is 6.96. The molecular formula is C33H41NO7. The Kier molecular flexibility index (Phi) is 12.7. The summed E-state index contributed by atoms with van der Waals surface area (Å²) in [6.45, 7) is 0.0397. The third-order valence-electron chi connectivity index (χ3n) is 6.96. The fraction of sp³-hybridized carbons (Fsp3) is 0.394. The highest BCUT2D eigenvalue weighted by Crippen LogP contribution is 2.41. The van der Waals surface area contributed by atoms with Crippen molar-refractivity contribution in [3.8, 4) is 11.5 Å². The number of carbonyl (C=O) groups is 2. The van der Waals surface area contributed by atoms with Crippen molar-refractivity contribution in [3.63, 3.8) is 0 Å². The number of aliphatic hydroxyl groups is 1. The first-order chi connectivity index (χ1) is 19.9. The SMILES string of the molecule is COC(=O)CCCCCCC(=O)NCC(O)COC(c1ccccc1)(c1ccc(OC)cc1)c1ccc(OC)cc1. The van der Waals surface area contributed by atoms with Gasteiger partial charge >= 0.3 is 5.97 Å². The van der Waals surface area contributed by atoms with Gasteiger partial charge in [-0.05, 0) is 53.8 Å². The topological polar surface area (TPSA) is 103 Å². The fourth-order valence-electron chi connectivity index (χ4n) is 4.68. The molecule has 0 aromatic heterocycles. The molecule has 8 nitrogen and oxygen atoms in total. The zero-order chi connectivity index (χ0) is 29.5. The molecule has 0 saturated heterocycles. The predicted octanol–water partition coefficient (Wildman–Crippen LogP) is 5.00. The van der Waals surface area contributed by atoms with Crippen LogP contribution in [-0.2, 0) is 24.7 Å². The van der Waals surface area contributed by atoms with Crippen LogP contribution in [0, 0.1) is 0 Å². The van der Waals surface area contributed by atoms with Crippen LogP contribution in [0.5, 0.6) is 11.5 Å². The van der Waals surface area contributed by atoms with E-state index < -0.39 is 11.7 Å². The summed E-state index contributed by atoms with van der Waals surface area (Å²) >= 11 is 0. The van der Waals surface area contributed by atoms with Crippen LogP contribution in [0.2, 0.25) is 0 Å². The maximum atomic E-state index is 12.4. The summed E-state index contributed by atoms with van der Waals surface area (Å²) < 4.78 is 22.1. The van der Waals surface area contributed by atoms with Crippen LogP contribution in [0.25, 0.3) is 0 Å². The van der Waals surface area contributed by atoms with Crippen molar-refractivity contribution in [2.24, 2.45) is 0 Å². The van der Waals surface area contributed by atoms with E-state index in [2.05, 4.69) is 10.1 Å². The van der Waals surface area contributed by atoms with E-state index in [1.165, 1.54) is 7.11 Å². The van der Waals surface area contributed by atoms with Crippen LogP contribution in [0.1, 0.15) is 55.2 Å². The number of methoxy groups -OCH3 is 3. The second-order valence-corrected chi connectivity index (χ2v) is 9.76. The Morgan fingerprint density at radius 1 is 0.732 bits per heavy atom. The highest BCUT2D eigenvalue weighted by Gasteiger charge is 2.38. The van der Waals surface area contributed by atoms with Crippen molar-refractivity contribution >= 4 is 11.9 Å². The molecule has 41 heavy (non-hydrogen) atoms. The average Bonchev–Trinajstić information content (AvgIpc) is 3.02. The predicted molar refractivity (Wildman–Crippen MR) is 157 cm³/mol. The number of rotatable bonds is 17. The fourth-order valence-corrected chi connectivity index (χ4v) is 4.68. The summed E-state index contributed by atoms with van der Waals surface area (Å²) in [4.78, 5) is 23.5. The number of carbonyl (C=O) groups excluding carboxylic acids is 2. The molecule has 1 atom stereocenters. The molecule has 0 aliphatic heterocycles. The quantitative estimate of drug-likeness (QED) is 0.135. The summed E-state index contributed by atoms with van der Waals surface area (Å²) in [5, 5.41) is 13.7. The Hall–Kier alpha value is -3.88. The number of hydrogen-bond donors (Lipinski definition) is 2. The van der Waals surface area contributed by atoms with Gasteiger partial charge in [-0.1, -0.05) is 67.4 Å². The maximum absolute atomic E-state index is 12.4. The van der Waals surface area contributed by atoms with Crippen LogP contribution in [0.3, 0.4) is 0 Å². The highest BCUT2D eigenvalue weighted by atomic mass is 16.5. The van der Waals surface area contributed by atoms with Crippen LogP contribution in [0.15, 0.2) is 78.9 Å². The second kappa shape index (κ2) is 16.4. The molecule has 0 saturated carbocycles. The lowest BCUT2D eigenvalue weighted by molar-refractivity contribution is -0.140. The summed E-state index contributed by atoms with van der Waals surface area (Å²) in [6, 6.07) is 25.2. The minimum atomic E-state index is -1.05. The van der Waals surface area contributed by atoms with Gasteiger partial charge in [0.1, 0.15) is 17.1 Å². The van der Waals surface area contributed by atoms with E-state index in [1.807, 2.05) is 78.9 Å². The minimum absolute atomic E-state index is 0.0270. The lowest BCUT2D eigenvalue weighted by Gasteiger charge is -2.36. The van der Waals surface area contributed by atoms with Gasteiger partial charge in [0.2, 0.25) is 5.91 Å². The largest absolute Gasteiger partial charge is 0.497 e. The molecule has 8 heteroatoms. The molecule has 2 N–H and O–H groups in total. The Morgan fingerprint density at radius 3 is 1.76 bits per heavy atom. The van der Waals surface area contributed by atoms with Crippen LogP contribution in [0.4, 0.5) is 0 Å². The van der Waals surface area contributed by atoms with Crippen molar-refractivity contribution in [1.29, 1.82) is 0 Å². The summed E-state index contributed by atoms with van der Waals surface area (Å²) in [6.07, 6.45) is 2.99. The number of aliphatic hydroxyl groups excluding tert-OH is 1. The molecule has 3 aromatic carbocycles. The van der Waals surface area contributed by atoms with Gasteiger partial charge in [-0.2, -0.15) is 0 Å². The van der Waals surface area contributed by atoms with E-state index in [0.29, 0.717) is 19.3 Å². The Bertz CT molecular complexity index is 1150. The Balaban J connectivity index is 1.71. The molecule has 0 spiro atoms. The van der Waals surface area contributed by atoms with Crippen molar-refractivity contribution in [2.75, 3.05) is 34.5 Å². The first-order valence-corrected chi connectivity index (χ1v) is 13.9. The van der Waals surface area contributed by atoms with Gasteiger partial charge in [-0.15, -0.1) is 0 Å². The smallest absolute Gasteiger partial charge is 0.305 e. The van der Waals surface area contributed by atoms with Crippen LogP contribution >= 0.6 is 0 Å². The summed E-state index contributed by atoms with van der Waals surface area (Å²) in [5.41, 5.74) is 1.56. The van der Waals surface area contributed by atoms with E-state index in [4.69, 9.17) is 14.2 Å². The maximum Gasteiger partial charge on any atom is 0.305 e. The van der Waals surface area contributed by atoms with Crippen molar-refractivity contribution < 1.29 is 33.6 Å². The first-order valence-electron chi connectivity index (χ1n) is 13.9. The van der Waals surface area contributed by atoms with Gasteiger partial charge < -0.3 is 29.4 Å². The Morgan fingerprint density at radius 2 is 1.24 bits per heavy atom.